The summed E-state index contributed by atoms with van der Waals surface area (Å²) in [5, 5.41) is 10.0. The topological polar surface area (TPSA) is 32.7 Å². The Morgan fingerprint density at radius 1 is 1.28 bits per heavy atom. The minimum absolute atomic E-state index is 0.165. The van der Waals surface area contributed by atoms with Crippen LogP contribution in [-0.4, -0.2) is 48.0 Å². The number of ether oxygens (including phenoxy) is 1. The lowest BCUT2D eigenvalue weighted by atomic mass is 9.97. The normalized spacial score (nSPS) is 29.0. The third-order valence-electron chi connectivity index (χ3n) is 3.49. The maximum atomic E-state index is 10.0. The molecular formula is C15H31NO2. The Hall–Kier alpha value is -0.120. The highest BCUT2D eigenvalue weighted by Gasteiger charge is 2.21. The summed E-state index contributed by atoms with van der Waals surface area (Å²) in [6.07, 6.45) is 2.19. The van der Waals surface area contributed by atoms with Gasteiger partial charge in [-0.15, -0.1) is 0 Å². The predicted octanol–water partition coefficient (Wildman–Crippen LogP) is 2.53. The van der Waals surface area contributed by atoms with Crippen molar-refractivity contribution in [2.45, 2.75) is 59.2 Å². The first-order valence-corrected chi connectivity index (χ1v) is 7.30. The minimum atomic E-state index is -0.371. The third kappa shape index (κ3) is 6.72. The highest BCUT2D eigenvalue weighted by molar-refractivity contribution is 4.74. The van der Waals surface area contributed by atoms with Crippen LogP contribution < -0.4 is 0 Å². The number of hydrogen-bond acceptors (Lipinski definition) is 3. The van der Waals surface area contributed by atoms with E-state index in [1.807, 2.05) is 20.8 Å². The summed E-state index contributed by atoms with van der Waals surface area (Å²) in [5.41, 5.74) is -0.165. The predicted molar refractivity (Wildman–Crippen MR) is 75.7 cm³/mol. The Kier molecular flexibility index (Phi) is 6.09. The molecule has 0 radical (unpaired) electrons. The first-order chi connectivity index (χ1) is 8.26. The summed E-state index contributed by atoms with van der Waals surface area (Å²) in [5.74, 6) is 1.55. The molecule has 108 valence electrons. The van der Waals surface area contributed by atoms with Crippen molar-refractivity contribution >= 4 is 0 Å². The summed E-state index contributed by atoms with van der Waals surface area (Å²) < 4.78 is 5.64. The van der Waals surface area contributed by atoms with Gasteiger partial charge in [-0.3, -0.25) is 0 Å². The summed E-state index contributed by atoms with van der Waals surface area (Å²) in [6.45, 7) is 14.1. The minimum Gasteiger partial charge on any atom is -0.389 e. The van der Waals surface area contributed by atoms with Crippen LogP contribution in [0.5, 0.6) is 0 Å². The molecule has 1 rings (SSSR count). The molecular weight excluding hydrogens is 226 g/mol. The number of rotatable bonds is 4. The second-order valence-corrected chi connectivity index (χ2v) is 7.07. The van der Waals surface area contributed by atoms with E-state index in [0.29, 0.717) is 6.61 Å². The van der Waals surface area contributed by atoms with E-state index >= 15 is 0 Å². The van der Waals surface area contributed by atoms with Crippen molar-refractivity contribution in [2.24, 2.45) is 11.8 Å². The van der Waals surface area contributed by atoms with Gasteiger partial charge in [0.05, 0.1) is 18.3 Å². The largest absolute Gasteiger partial charge is 0.389 e. The first-order valence-electron chi connectivity index (χ1n) is 7.30. The average Bonchev–Trinajstić information content (AvgIpc) is 2.36. The molecule has 0 aromatic carbocycles. The van der Waals surface area contributed by atoms with Crippen molar-refractivity contribution in [3.05, 3.63) is 0 Å². The van der Waals surface area contributed by atoms with Crippen molar-refractivity contribution < 1.29 is 9.84 Å². The van der Waals surface area contributed by atoms with Gasteiger partial charge in [0.25, 0.3) is 0 Å². The van der Waals surface area contributed by atoms with Gasteiger partial charge in [-0.25, -0.2) is 0 Å². The lowest BCUT2D eigenvalue weighted by Gasteiger charge is -2.27. The summed E-state index contributed by atoms with van der Waals surface area (Å²) in [4.78, 5) is 2.39. The van der Waals surface area contributed by atoms with Gasteiger partial charge in [-0.1, -0.05) is 13.8 Å². The maximum absolute atomic E-state index is 10.0. The zero-order chi connectivity index (χ0) is 13.8. The molecule has 0 spiro atoms. The second kappa shape index (κ2) is 6.88. The van der Waals surface area contributed by atoms with Crippen LogP contribution in [0.15, 0.2) is 0 Å². The zero-order valence-corrected chi connectivity index (χ0v) is 12.8. The van der Waals surface area contributed by atoms with Crippen LogP contribution in [0.1, 0.15) is 47.5 Å². The van der Waals surface area contributed by atoms with E-state index in [-0.39, 0.29) is 11.7 Å². The zero-order valence-electron chi connectivity index (χ0n) is 12.8. The first kappa shape index (κ1) is 15.9. The number of aliphatic hydroxyl groups is 1. The van der Waals surface area contributed by atoms with E-state index in [4.69, 9.17) is 4.74 Å². The fourth-order valence-electron chi connectivity index (χ4n) is 2.68. The Morgan fingerprint density at radius 2 is 1.94 bits per heavy atom. The van der Waals surface area contributed by atoms with Crippen LogP contribution in [0.4, 0.5) is 0 Å². The van der Waals surface area contributed by atoms with Crippen LogP contribution >= 0.6 is 0 Å². The van der Waals surface area contributed by atoms with E-state index in [1.165, 1.54) is 12.8 Å². The average molecular weight is 257 g/mol. The standard InChI is InChI=1S/C15H31NO2/c1-12-6-7-16(9-13(2)8-12)10-14(17)11-18-15(3,4)5/h12-14,17H,6-11H2,1-5H3. The molecule has 0 amide bonds. The van der Waals surface area contributed by atoms with Crippen molar-refractivity contribution in [1.29, 1.82) is 0 Å². The highest BCUT2D eigenvalue weighted by atomic mass is 16.5. The Labute approximate surface area is 113 Å². The summed E-state index contributed by atoms with van der Waals surface area (Å²) >= 11 is 0. The maximum Gasteiger partial charge on any atom is 0.0900 e. The van der Waals surface area contributed by atoms with Crippen molar-refractivity contribution in [1.82, 2.24) is 4.90 Å². The molecule has 0 aliphatic carbocycles. The lowest BCUT2D eigenvalue weighted by Crippen LogP contribution is -2.38. The number of nitrogens with zero attached hydrogens (tertiary/aromatic N) is 1. The molecule has 3 heteroatoms. The van der Waals surface area contributed by atoms with Crippen LogP contribution in [0, 0.1) is 11.8 Å². The van der Waals surface area contributed by atoms with Crippen molar-refractivity contribution in [2.75, 3.05) is 26.2 Å². The molecule has 3 nitrogen and oxygen atoms in total. The van der Waals surface area contributed by atoms with E-state index in [1.54, 1.807) is 0 Å². The van der Waals surface area contributed by atoms with E-state index in [0.717, 1.165) is 31.5 Å². The molecule has 3 unspecified atom stereocenters. The number of β-amino-alcohol motifs (C(OH)–C–C–N with tert-alkyl or cyclic N) is 1. The molecule has 1 N–H and O–H groups in total. The SMILES string of the molecule is CC1CCN(CC(O)COC(C)(C)C)CC(C)C1. The van der Waals surface area contributed by atoms with Crippen LogP contribution in [0.3, 0.4) is 0 Å². The van der Waals surface area contributed by atoms with Gasteiger partial charge in [-0.2, -0.15) is 0 Å². The molecule has 1 aliphatic rings. The Morgan fingerprint density at radius 3 is 2.56 bits per heavy atom. The summed E-state index contributed by atoms with van der Waals surface area (Å²) in [7, 11) is 0. The monoisotopic (exact) mass is 257 g/mol. The number of hydrogen-bond donors (Lipinski definition) is 1. The van der Waals surface area contributed by atoms with Crippen LogP contribution in [-0.2, 0) is 4.74 Å². The van der Waals surface area contributed by atoms with Gasteiger partial charge < -0.3 is 14.7 Å². The Bertz CT molecular complexity index is 237. The molecule has 18 heavy (non-hydrogen) atoms. The molecule has 1 heterocycles. The fourth-order valence-corrected chi connectivity index (χ4v) is 2.68. The van der Waals surface area contributed by atoms with Gasteiger partial charge in [0, 0.05) is 13.1 Å². The molecule has 0 bridgehead atoms. The third-order valence-corrected chi connectivity index (χ3v) is 3.49. The van der Waals surface area contributed by atoms with E-state index < -0.39 is 0 Å². The van der Waals surface area contributed by atoms with Crippen LogP contribution in [0.2, 0.25) is 0 Å². The second-order valence-electron chi connectivity index (χ2n) is 7.07. The van der Waals surface area contributed by atoms with Crippen molar-refractivity contribution in [3.8, 4) is 0 Å². The lowest BCUT2D eigenvalue weighted by molar-refractivity contribution is -0.0564. The molecule has 1 saturated heterocycles. The molecule has 0 aromatic heterocycles. The molecule has 0 saturated carbocycles. The smallest absolute Gasteiger partial charge is 0.0900 e. The molecule has 1 fully saturated rings. The van der Waals surface area contributed by atoms with Gasteiger partial charge >= 0.3 is 0 Å². The molecule has 1 aliphatic heterocycles. The van der Waals surface area contributed by atoms with Crippen LogP contribution in [0.25, 0.3) is 0 Å². The van der Waals surface area contributed by atoms with E-state index in [9.17, 15) is 5.11 Å². The highest BCUT2D eigenvalue weighted by Crippen LogP contribution is 2.21. The van der Waals surface area contributed by atoms with E-state index in [2.05, 4.69) is 18.7 Å². The van der Waals surface area contributed by atoms with Crippen molar-refractivity contribution in [3.63, 3.8) is 0 Å². The van der Waals surface area contributed by atoms with Gasteiger partial charge in [0.2, 0.25) is 0 Å². The Balaban J connectivity index is 2.32. The quantitative estimate of drug-likeness (QED) is 0.840. The molecule has 0 aromatic rings. The number of aliphatic hydroxyl groups excluding tert-OH is 1. The van der Waals surface area contributed by atoms with Gasteiger partial charge in [0.15, 0.2) is 0 Å². The fraction of sp³-hybridized carbons (Fsp3) is 1.00. The number of likely N-dealkylation sites (tertiary alicyclic amines) is 1. The van der Waals surface area contributed by atoms with Gasteiger partial charge in [-0.05, 0) is 52.0 Å². The molecule has 3 atom stereocenters. The van der Waals surface area contributed by atoms with Gasteiger partial charge in [0.1, 0.15) is 0 Å². The summed E-state index contributed by atoms with van der Waals surface area (Å²) in [6, 6.07) is 0.